The van der Waals surface area contributed by atoms with Gasteiger partial charge in [0.05, 0.1) is 24.8 Å². The Bertz CT molecular complexity index is 1230. The molecular formula is C25H28N2O5S. The van der Waals surface area contributed by atoms with Crippen LogP contribution in [0, 0.1) is 13.8 Å². The molecule has 3 aromatic rings. The third kappa shape index (κ3) is 5.64. The van der Waals surface area contributed by atoms with Crippen LogP contribution in [0.3, 0.4) is 0 Å². The molecule has 0 aliphatic carbocycles. The van der Waals surface area contributed by atoms with E-state index in [1.54, 1.807) is 43.5 Å². The third-order valence-electron chi connectivity index (χ3n) is 5.19. The van der Waals surface area contributed by atoms with Gasteiger partial charge in [0.1, 0.15) is 6.54 Å². The summed E-state index contributed by atoms with van der Waals surface area (Å²) < 4.78 is 38.6. The van der Waals surface area contributed by atoms with Gasteiger partial charge in [-0.1, -0.05) is 36.4 Å². The molecule has 0 unspecified atom stereocenters. The molecule has 0 aliphatic rings. The summed E-state index contributed by atoms with van der Waals surface area (Å²) in [5, 5.41) is 2.80. The number of benzene rings is 3. The predicted octanol–water partition coefficient (Wildman–Crippen LogP) is 3.83. The summed E-state index contributed by atoms with van der Waals surface area (Å²) in [6, 6.07) is 19.0. The molecular weight excluding hydrogens is 440 g/mol. The van der Waals surface area contributed by atoms with Crippen molar-refractivity contribution in [2.75, 3.05) is 25.1 Å². The Kier molecular flexibility index (Phi) is 7.60. The van der Waals surface area contributed by atoms with Crippen LogP contribution in [-0.4, -0.2) is 35.1 Å². The molecule has 0 heterocycles. The summed E-state index contributed by atoms with van der Waals surface area (Å²) in [5.74, 6) is 0.709. The maximum atomic E-state index is 13.5. The molecule has 7 nitrogen and oxygen atoms in total. The van der Waals surface area contributed by atoms with Crippen LogP contribution in [0.25, 0.3) is 0 Å². The van der Waals surface area contributed by atoms with Gasteiger partial charge in [0.25, 0.3) is 10.0 Å². The van der Waals surface area contributed by atoms with Crippen LogP contribution in [0.2, 0.25) is 0 Å². The lowest BCUT2D eigenvalue weighted by molar-refractivity contribution is -0.119. The number of hydrogen-bond acceptors (Lipinski definition) is 5. The average molecular weight is 469 g/mol. The van der Waals surface area contributed by atoms with Crippen molar-refractivity contribution in [3.8, 4) is 11.5 Å². The number of nitrogens with one attached hydrogen (secondary N) is 1. The molecule has 8 heteroatoms. The number of rotatable bonds is 9. The summed E-state index contributed by atoms with van der Waals surface area (Å²) in [6.07, 6.45) is 0. The van der Waals surface area contributed by atoms with Gasteiger partial charge < -0.3 is 14.8 Å². The first-order valence-corrected chi connectivity index (χ1v) is 11.8. The molecule has 174 valence electrons. The van der Waals surface area contributed by atoms with Crippen molar-refractivity contribution in [1.82, 2.24) is 5.32 Å². The summed E-state index contributed by atoms with van der Waals surface area (Å²) in [6.45, 7) is 3.57. The van der Waals surface area contributed by atoms with E-state index in [-0.39, 0.29) is 18.0 Å². The number of aryl methyl sites for hydroxylation is 2. The highest BCUT2D eigenvalue weighted by Crippen LogP contribution is 2.29. The maximum absolute atomic E-state index is 13.5. The van der Waals surface area contributed by atoms with Gasteiger partial charge >= 0.3 is 0 Å². The number of hydrogen-bond donors (Lipinski definition) is 1. The second kappa shape index (κ2) is 10.4. The Hall–Kier alpha value is -3.52. The summed E-state index contributed by atoms with van der Waals surface area (Å²) >= 11 is 0. The molecule has 1 N–H and O–H groups in total. The number of amides is 1. The summed E-state index contributed by atoms with van der Waals surface area (Å²) in [5.41, 5.74) is 2.92. The SMILES string of the molecule is COc1ccc(CNC(=O)CN(c2cc(C)ccc2C)S(=O)(=O)c2ccccc2)cc1OC. The molecule has 0 saturated carbocycles. The van der Waals surface area contributed by atoms with Gasteiger partial charge in [-0.15, -0.1) is 0 Å². The van der Waals surface area contributed by atoms with Crippen molar-refractivity contribution in [2.24, 2.45) is 0 Å². The lowest BCUT2D eigenvalue weighted by Crippen LogP contribution is -2.41. The van der Waals surface area contributed by atoms with E-state index < -0.39 is 15.9 Å². The van der Waals surface area contributed by atoms with E-state index in [2.05, 4.69) is 5.32 Å². The Labute approximate surface area is 195 Å². The van der Waals surface area contributed by atoms with Crippen LogP contribution < -0.4 is 19.1 Å². The second-order valence-corrected chi connectivity index (χ2v) is 9.44. The first kappa shape index (κ1) is 24.1. The lowest BCUT2D eigenvalue weighted by Gasteiger charge is -2.26. The molecule has 0 spiro atoms. The quantitative estimate of drug-likeness (QED) is 0.516. The van der Waals surface area contributed by atoms with Crippen molar-refractivity contribution in [3.63, 3.8) is 0 Å². The second-order valence-electron chi connectivity index (χ2n) is 7.58. The molecule has 0 aliphatic heterocycles. The first-order chi connectivity index (χ1) is 15.8. The van der Waals surface area contributed by atoms with E-state index in [9.17, 15) is 13.2 Å². The number of ether oxygens (including phenoxy) is 2. The van der Waals surface area contributed by atoms with Gasteiger partial charge in [-0.05, 0) is 60.9 Å². The van der Waals surface area contributed by atoms with Gasteiger partial charge in [-0.25, -0.2) is 8.42 Å². The van der Waals surface area contributed by atoms with Gasteiger partial charge in [0.2, 0.25) is 5.91 Å². The number of carbonyl (C=O) groups is 1. The van der Waals surface area contributed by atoms with Crippen molar-refractivity contribution < 1.29 is 22.7 Å². The van der Waals surface area contributed by atoms with Crippen LogP contribution in [0.1, 0.15) is 16.7 Å². The third-order valence-corrected chi connectivity index (χ3v) is 6.96. The lowest BCUT2D eigenvalue weighted by atomic mass is 10.1. The van der Waals surface area contributed by atoms with E-state index in [1.807, 2.05) is 32.0 Å². The van der Waals surface area contributed by atoms with E-state index in [0.717, 1.165) is 21.0 Å². The zero-order chi connectivity index (χ0) is 24.0. The van der Waals surface area contributed by atoms with Crippen molar-refractivity contribution in [3.05, 3.63) is 83.4 Å². The highest BCUT2D eigenvalue weighted by molar-refractivity contribution is 7.92. The van der Waals surface area contributed by atoms with Crippen LogP contribution >= 0.6 is 0 Å². The Morgan fingerprint density at radius 1 is 0.909 bits per heavy atom. The maximum Gasteiger partial charge on any atom is 0.264 e. The van der Waals surface area contributed by atoms with Crippen LogP contribution in [-0.2, 0) is 21.4 Å². The standard InChI is InChI=1S/C25H28N2O5S/c1-18-10-11-19(2)22(14-18)27(33(29,30)21-8-6-5-7-9-21)17-25(28)26-16-20-12-13-23(31-3)24(15-20)32-4/h5-15H,16-17H2,1-4H3,(H,26,28). The number of sulfonamides is 1. The summed E-state index contributed by atoms with van der Waals surface area (Å²) in [4.78, 5) is 13.0. The van der Waals surface area contributed by atoms with Gasteiger partial charge in [-0.3, -0.25) is 9.10 Å². The van der Waals surface area contributed by atoms with E-state index >= 15 is 0 Å². The van der Waals surface area contributed by atoms with E-state index in [0.29, 0.717) is 17.2 Å². The molecule has 33 heavy (non-hydrogen) atoms. The van der Waals surface area contributed by atoms with Gasteiger partial charge in [0, 0.05) is 6.54 Å². The van der Waals surface area contributed by atoms with Crippen molar-refractivity contribution in [2.45, 2.75) is 25.3 Å². The highest BCUT2D eigenvalue weighted by atomic mass is 32.2. The fourth-order valence-electron chi connectivity index (χ4n) is 3.39. The minimum atomic E-state index is -3.96. The van der Waals surface area contributed by atoms with Gasteiger partial charge in [-0.2, -0.15) is 0 Å². The average Bonchev–Trinajstić information content (AvgIpc) is 2.83. The fraction of sp³-hybridized carbons (Fsp3) is 0.240. The molecule has 1 amide bonds. The number of methoxy groups -OCH3 is 2. The first-order valence-electron chi connectivity index (χ1n) is 10.4. The normalized spacial score (nSPS) is 11.0. The van der Waals surface area contributed by atoms with Crippen LogP contribution in [0.15, 0.2) is 71.6 Å². The molecule has 0 radical (unpaired) electrons. The van der Waals surface area contributed by atoms with E-state index in [4.69, 9.17) is 9.47 Å². The molecule has 0 fully saturated rings. The van der Waals surface area contributed by atoms with Crippen LogP contribution in [0.5, 0.6) is 11.5 Å². The molecule has 0 saturated heterocycles. The number of carbonyl (C=O) groups excluding carboxylic acids is 1. The molecule has 3 rings (SSSR count). The molecule has 0 atom stereocenters. The van der Waals surface area contributed by atoms with Crippen molar-refractivity contribution in [1.29, 1.82) is 0 Å². The topological polar surface area (TPSA) is 84.9 Å². The van der Waals surface area contributed by atoms with E-state index in [1.165, 1.54) is 19.2 Å². The van der Waals surface area contributed by atoms with Crippen LogP contribution in [0.4, 0.5) is 5.69 Å². The zero-order valence-corrected chi connectivity index (χ0v) is 20.0. The molecule has 0 aromatic heterocycles. The smallest absolute Gasteiger partial charge is 0.264 e. The predicted molar refractivity (Wildman–Crippen MR) is 128 cm³/mol. The monoisotopic (exact) mass is 468 g/mol. The molecule has 3 aromatic carbocycles. The highest BCUT2D eigenvalue weighted by Gasteiger charge is 2.28. The van der Waals surface area contributed by atoms with Crippen molar-refractivity contribution >= 4 is 21.6 Å². The minimum absolute atomic E-state index is 0.124. The zero-order valence-electron chi connectivity index (χ0n) is 19.2. The Morgan fingerprint density at radius 2 is 1.61 bits per heavy atom. The minimum Gasteiger partial charge on any atom is -0.493 e. The Morgan fingerprint density at radius 3 is 2.27 bits per heavy atom. The largest absolute Gasteiger partial charge is 0.493 e. The summed E-state index contributed by atoms with van der Waals surface area (Å²) in [7, 11) is -0.867. The Balaban J connectivity index is 1.86. The number of nitrogens with zero attached hydrogens (tertiary/aromatic N) is 1. The fourth-order valence-corrected chi connectivity index (χ4v) is 4.88. The molecule has 0 bridgehead atoms. The van der Waals surface area contributed by atoms with Gasteiger partial charge in [0.15, 0.2) is 11.5 Å². The number of anilines is 1.